The van der Waals surface area contributed by atoms with Crippen LogP contribution in [-0.4, -0.2) is 58.0 Å². The summed E-state index contributed by atoms with van der Waals surface area (Å²) in [6, 6.07) is 2.18. The molecule has 1 unspecified atom stereocenters. The molecule has 1 fully saturated rings. The van der Waals surface area contributed by atoms with E-state index in [0.29, 0.717) is 24.8 Å². The molecule has 0 aliphatic carbocycles. The third kappa shape index (κ3) is 3.37. The fourth-order valence-corrected chi connectivity index (χ4v) is 2.64. The molecule has 1 aromatic rings. The lowest BCUT2D eigenvalue weighted by Gasteiger charge is -2.25. The van der Waals surface area contributed by atoms with Gasteiger partial charge in [0.25, 0.3) is 5.91 Å². The Morgan fingerprint density at radius 1 is 1.65 bits per heavy atom. The molecule has 6 heteroatoms. The first-order chi connectivity index (χ1) is 9.65. The second-order valence-corrected chi connectivity index (χ2v) is 5.27. The second-order valence-electron chi connectivity index (χ2n) is 5.27. The van der Waals surface area contributed by atoms with Gasteiger partial charge in [-0.2, -0.15) is 5.10 Å². The van der Waals surface area contributed by atoms with Crippen LogP contribution in [0.15, 0.2) is 6.07 Å². The minimum absolute atomic E-state index is 0.0169. The number of rotatable bonds is 6. The monoisotopic (exact) mass is 280 g/mol. The van der Waals surface area contributed by atoms with Gasteiger partial charge in [-0.3, -0.25) is 9.48 Å². The molecule has 6 nitrogen and oxygen atoms in total. The summed E-state index contributed by atoms with van der Waals surface area (Å²) in [7, 11) is 1.79. The van der Waals surface area contributed by atoms with Gasteiger partial charge in [0, 0.05) is 26.2 Å². The predicted molar refractivity (Wildman–Crippen MR) is 76.6 cm³/mol. The molecule has 1 aliphatic heterocycles. The summed E-state index contributed by atoms with van der Waals surface area (Å²) in [5.41, 5.74) is 1.51. The van der Waals surface area contributed by atoms with Crippen molar-refractivity contribution in [2.45, 2.75) is 32.2 Å². The lowest BCUT2D eigenvalue weighted by atomic mass is 10.2. The van der Waals surface area contributed by atoms with Gasteiger partial charge in [-0.1, -0.05) is 6.92 Å². The third-order valence-electron chi connectivity index (χ3n) is 3.77. The van der Waals surface area contributed by atoms with Gasteiger partial charge in [0.05, 0.1) is 12.3 Å². The minimum atomic E-state index is -0.0533. The van der Waals surface area contributed by atoms with Gasteiger partial charge in [-0.05, 0) is 31.9 Å². The number of nitrogens with one attached hydrogen (secondary N) is 1. The van der Waals surface area contributed by atoms with Crippen LogP contribution in [0.25, 0.3) is 0 Å². The number of hydrogen-bond donors (Lipinski definition) is 2. The van der Waals surface area contributed by atoms with Crippen LogP contribution in [0.4, 0.5) is 0 Å². The van der Waals surface area contributed by atoms with Gasteiger partial charge in [-0.15, -0.1) is 0 Å². The SMILES string of the molecule is CCc1cc(C(=O)N(CCO)CC2CCCN2)n(C)n1. The van der Waals surface area contributed by atoms with Gasteiger partial charge >= 0.3 is 0 Å². The van der Waals surface area contributed by atoms with Crippen molar-refractivity contribution in [1.82, 2.24) is 20.0 Å². The number of amides is 1. The molecule has 2 N–H and O–H groups in total. The highest BCUT2D eigenvalue weighted by atomic mass is 16.3. The first kappa shape index (κ1) is 15.0. The highest BCUT2D eigenvalue weighted by molar-refractivity contribution is 5.92. The molecule has 0 aromatic carbocycles. The summed E-state index contributed by atoms with van der Waals surface area (Å²) in [5.74, 6) is -0.0533. The Hall–Kier alpha value is -1.40. The zero-order valence-electron chi connectivity index (χ0n) is 12.3. The van der Waals surface area contributed by atoms with Crippen LogP contribution >= 0.6 is 0 Å². The van der Waals surface area contributed by atoms with Crippen molar-refractivity contribution in [3.8, 4) is 0 Å². The van der Waals surface area contributed by atoms with Gasteiger partial charge in [0.15, 0.2) is 0 Å². The van der Waals surface area contributed by atoms with E-state index in [0.717, 1.165) is 31.5 Å². The number of aliphatic hydroxyl groups excluding tert-OH is 1. The molecule has 0 radical (unpaired) electrons. The molecular formula is C14H24N4O2. The summed E-state index contributed by atoms with van der Waals surface area (Å²) < 4.78 is 1.63. The molecular weight excluding hydrogens is 256 g/mol. The van der Waals surface area contributed by atoms with Crippen molar-refractivity contribution in [1.29, 1.82) is 0 Å². The lowest BCUT2D eigenvalue weighted by molar-refractivity contribution is 0.0695. The first-order valence-electron chi connectivity index (χ1n) is 7.32. The number of aromatic nitrogens is 2. The number of carbonyl (C=O) groups is 1. The summed E-state index contributed by atoms with van der Waals surface area (Å²) >= 11 is 0. The molecule has 1 amide bonds. The van der Waals surface area contributed by atoms with E-state index < -0.39 is 0 Å². The van der Waals surface area contributed by atoms with Crippen molar-refractivity contribution in [2.75, 3.05) is 26.2 Å². The Balaban J connectivity index is 2.10. The molecule has 20 heavy (non-hydrogen) atoms. The Bertz CT molecular complexity index is 452. The fraction of sp³-hybridized carbons (Fsp3) is 0.714. The zero-order valence-corrected chi connectivity index (χ0v) is 12.3. The van der Waals surface area contributed by atoms with Crippen LogP contribution in [0.1, 0.15) is 35.9 Å². The Labute approximate surface area is 119 Å². The van der Waals surface area contributed by atoms with Gasteiger partial charge in [0.2, 0.25) is 0 Å². The van der Waals surface area contributed by atoms with Crippen LogP contribution in [0.2, 0.25) is 0 Å². The van der Waals surface area contributed by atoms with E-state index in [9.17, 15) is 9.90 Å². The normalized spacial score (nSPS) is 18.4. The van der Waals surface area contributed by atoms with Crippen molar-refractivity contribution < 1.29 is 9.90 Å². The van der Waals surface area contributed by atoms with Crippen LogP contribution in [-0.2, 0) is 13.5 Å². The van der Waals surface area contributed by atoms with Crippen molar-refractivity contribution >= 4 is 5.91 Å². The van der Waals surface area contributed by atoms with Gasteiger partial charge in [0.1, 0.15) is 5.69 Å². The Kier molecular flexibility index (Phi) is 5.14. The number of carbonyl (C=O) groups excluding carboxylic acids is 1. The summed E-state index contributed by atoms with van der Waals surface area (Å²) in [6.07, 6.45) is 3.05. The molecule has 0 spiro atoms. The molecule has 112 valence electrons. The zero-order chi connectivity index (χ0) is 14.5. The number of hydrogen-bond acceptors (Lipinski definition) is 4. The molecule has 1 aliphatic rings. The highest BCUT2D eigenvalue weighted by Gasteiger charge is 2.24. The van der Waals surface area contributed by atoms with Crippen LogP contribution in [0.5, 0.6) is 0 Å². The standard InChI is InChI=1S/C14H24N4O2/c1-3-11-9-13(17(2)16-11)14(20)18(7-8-19)10-12-5-4-6-15-12/h9,12,15,19H,3-8,10H2,1-2H3. The quantitative estimate of drug-likeness (QED) is 0.779. The number of nitrogens with zero attached hydrogens (tertiary/aromatic N) is 3. The van der Waals surface area contributed by atoms with Crippen molar-refractivity contribution in [3.05, 3.63) is 17.5 Å². The maximum absolute atomic E-state index is 12.6. The maximum Gasteiger partial charge on any atom is 0.272 e. The molecule has 2 heterocycles. The summed E-state index contributed by atoms with van der Waals surface area (Å²) in [4.78, 5) is 14.3. The maximum atomic E-state index is 12.6. The predicted octanol–water partition coefficient (Wildman–Crippen LogP) is 0.169. The molecule has 1 atom stereocenters. The third-order valence-corrected chi connectivity index (χ3v) is 3.77. The van der Waals surface area contributed by atoms with E-state index in [2.05, 4.69) is 10.4 Å². The van der Waals surface area contributed by atoms with E-state index in [1.165, 1.54) is 0 Å². The number of aryl methyl sites for hydroxylation is 2. The second kappa shape index (κ2) is 6.85. The molecule has 0 bridgehead atoms. The fourth-order valence-electron chi connectivity index (χ4n) is 2.64. The summed E-state index contributed by atoms with van der Waals surface area (Å²) in [6.45, 7) is 4.02. The van der Waals surface area contributed by atoms with Crippen molar-refractivity contribution in [2.24, 2.45) is 7.05 Å². The average Bonchev–Trinajstić information content (AvgIpc) is 3.07. The highest BCUT2D eigenvalue weighted by Crippen LogP contribution is 2.11. The van der Waals surface area contributed by atoms with E-state index >= 15 is 0 Å². The van der Waals surface area contributed by atoms with Gasteiger partial charge in [-0.25, -0.2) is 0 Å². The minimum Gasteiger partial charge on any atom is -0.395 e. The topological polar surface area (TPSA) is 70.4 Å². The van der Waals surface area contributed by atoms with Gasteiger partial charge < -0.3 is 15.3 Å². The smallest absolute Gasteiger partial charge is 0.272 e. The van der Waals surface area contributed by atoms with Crippen LogP contribution < -0.4 is 5.32 Å². The van der Waals surface area contributed by atoms with Crippen LogP contribution in [0.3, 0.4) is 0 Å². The lowest BCUT2D eigenvalue weighted by Crippen LogP contribution is -2.43. The Morgan fingerprint density at radius 2 is 2.45 bits per heavy atom. The summed E-state index contributed by atoms with van der Waals surface area (Å²) in [5, 5.41) is 16.9. The van der Waals surface area contributed by atoms with E-state index in [4.69, 9.17) is 0 Å². The molecule has 1 aromatic heterocycles. The van der Waals surface area contributed by atoms with Crippen molar-refractivity contribution in [3.63, 3.8) is 0 Å². The van der Waals surface area contributed by atoms with Crippen LogP contribution in [0, 0.1) is 0 Å². The molecule has 0 saturated carbocycles. The molecule has 1 saturated heterocycles. The number of aliphatic hydroxyl groups is 1. The largest absolute Gasteiger partial charge is 0.395 e. The van der Waals surface area contributed by atoms with E-state index in [-0.39, 0.29) is 12.5 Å². The Morgan fingerprint density at radius 3 is 3.00 bits per heavy atom. The molecule has 2 rings (SSSR count). The van der Waals surface area contributed by atoms with E-state index in [1.54, 1.807) is 16.6 Å². The average molecular weight is 280 g/mol. The first-order valence-corrected chi connectivity index (χ1v) is 7.32. The van der Waals surface area contributed by atoms with E-state index in [1.807, 2.05) is 13.0 Å².